The third-order valence-corrected chi connectivity index (χ3v) is 7.09. The molecule has 4 aromatic heterocycles. The predicted octanol–water partition coefficient (Wildman–Crippen LogP) is 5.28. The molecule has 1 amide bonds. The number of hydrogen-bond donors (Lipinski definition) is 0. The first-order valence-electron chi connectivity index (χ1n) is 14.0. The molecule has 45 heavy (non-hydrogen) atoms. The van der Waals surface area contributed by atoms with Crippen molar-refractivity contribution in [2.24, 2.45) is 0 Å². The van der Waals surface area contributed by atoms with Gasteiger partial charge in [-0.25, -0.2) is 19.0 Å². The first-order valence-corrected chi connectivity index (χ1v) is 14.0. The summed E-state index contributed by atoms with van der Waals surface area (Å²) >= 11 is 0. The number of ether oxygens (including phenoxy) is 1. The number of halogens is 3. The number of carbonyl (C=O) groups excluding carboxylic acids is 1. The zero-order valence-electron chi connectivity index (χ0n) is 24.5. The molecule has 0 unspecified atom stereocenters. The van der Waals surface area contributed by atoms with Crippen molar-refractivity contribution < 1.29 is 31.5 Å². The third-order valence-electron chi connectivity index (χ3n) is 7.09. The summed E-state index contributed by atoms with van der Waals surface area (Å²) in [4.78, 5) is 37.5. The van der Waals surface area contributed by atoms with Crippen molar-refractivity contribution in [1.29, 1.82) is 0 Å². The minimum absolute atomic E-state index is 0.0360. The molecular formula is C30H28F3N7O5. The lowest BCUT2D eigenvalue weighted by molar-refractivity contribution is 0.0240. The number of rotatable bonds is 6. The fourth-order valence-corrected chi connectivity index (χ4v) is 4.90. The average Bonchev–Trinajstić information content (AvgIpc) is 3.62. The number of carbonyl (C=O) groups is 1. The van der Waals surface area contributed by atoms with E-state index >= 15 is 4.39 Å². The molecule has 5 aromatic rings. The van der Waals surface area contributed by atoms with Crippen LogP contribution in [-0.2, 0) is 11.3 Å². The Morgan fingerprint density at radius 3 is 2.44 bits per heavy atom. The highest BCUT2D eigenvalue weighted by molar-refractivity contribution is 5.81. The van der Waals surface area contributed by atoms with Gasteiger partial charge in [0.15, 0.2) is 5.58 Å². The minimum Gasteiger partial charge on any atom is -0.444 e. The summed E-state index contributed by atoms with van der Waals surface area (Å²) in [5.41, 5.74) is 1.34. The summed E-state index contributed by atoms with van der Waals surface area (Å²) < 4.78 is 58.1. The summed E-state index contributed by atoms with van der Waals surface area (Å²) in [6.45, 7) is 7.37. The summed E-state index contributed by atoms with van der Waals surface area (Å²) in [5, 5.41) is 6.88. The van der Waals surface area contributed by atoms with E-state index in [0.717, 1.165) is 0 Å². The fourth-order valence-electron chi connectivity index (χ4n) is 4.90. The van der Waals surface area contributed by atoms with Crippen LogP contribution in [0, 0.1) is 5.82 Å². The van der Waals surface area contributed by atoms with Crippen molar-refractivity contribution in [2.45, 2.75) is 39.3 Å². The molecule has 12 nitrogen and oxygen atoms in total. The van der Waals surface area contributed by atoms with Gasteiger partial charge < -0.3 is 23.4 Å². The summed E-state index contributed by atoms with van der Waals surface area (Å²) in [6.07, 6.45) is -0.333. The molecule has 6 rings (SSSR count). The Morgan fingerprint density at radius 2 is 1.78 bits per heavy atom. The van der Waals surface area contributed by atoms with Crippen molar-refractivity contribution in [2.75, 3.05) is 31.1 Å². The number of anilines is 1. The van der Waals surface area contributed by atoms with E-state index in [4.69, 9.17) is 13.6 Å². The van der Waals surface area contributed by atoms with E-state index in [9.17, 15) is 18.4 Å². The number of fused-ring (bicyclic) bond motifs is 1. The minimum atomic E-state index is -2.89. The maximum Gasteiger partial charge on any atom is 0.420 e. The molecule has 0 N–H and O–H groups in total. The number of amides is 1. The quantitative estimate of drug-likeness (QED) is 0.246. The fraction of sp³-hybridized carbons (Fsp3) is 0.333. The second-order valence-corrected chi connectivity index (χ2v) is 11.4. The van der Waals surface area contributed by atoms with Gasteiger partial charge in [-0.2, -0.15) is 8.78 Å². The van der Waals surface area contributed by atoms with Crippen molar-refractivity contribution in [3.05, 3.63) is 76.7 Å². The highest BCUT2D eigenvalue weighted by Crippen LogP contribution is 2.30. The molecule has 0 saturated carbocycles. The Labute approximate surface area is 254 Å². The summed E-state index contributed by atoms with van der Waals surface area (Å²) in [6, 6.07) is 9.21. The normalized spacial score (nSPS) is 14.0. The zero-order valence-corrected chi connectivity index (χ0v) is 24.5. The van der Waals surface area contributed by atoms with Gasteiger partial charge >= 0.3 is 18.3 Å². The first-order chi connectivity index (χ1) is 21.4. The van der Waals surface area contributed by atoms with Crippen LogP contribution in [0.5, 0.6) is 0 Å². The van der Waals surface area contributed by atoms with E-state index in [2.05, 4.69) is 20.2 Å². The molecule has 5 heterocycles. The molecule has 234 valence electrons. The number of hydrogen-bond acceptors (Lipinski definition) is 10. The first kappa shape index (κ1) is 29.8. The van der Waals surface area contributed by atoms with Gasteiger partial charge in [-0.05, 0) is 56.7 Å². The Hall–Kier alpha value is -5.21. The highest BCUT2D eigenvalue weighted by Gasteiger charge is 2.27. The van der Waals surface area contributed by atoms with Crippen LogP contribution in [0.25, 0.3) is 33.7 Å². The van der Waals surface area contributed by atoms with E-state index in [0.29, 0.717) is 48.8 Å². The predicted molar refractivity (Wildman–Crippen MR) is 155 cm³/mol. The number of oxazole rings is 1. The third kappa shape index (κ3) is 6.37. The van der Waals surface area contributed by atoms with Crippen molar-refractivity contribution >= 4 is 23.0 Å². The van der Waals surface area contributed by atoms with Crippen LogP contribution in [0.2, 0.25) is 0 Å². The Balaban J connectivity index is 1.19. The molecule has 1 aromatic carbocycles. The lowest BCUT2D eigenvalue weighted by Crippen LogP contribution is -2.50. The van der Waals surface area contributed by atoms with E-state index in [1.54, 1.807) is 29.3 Å². The summed E-state index contributed by atoms with van der Waals surface area (Å²) in [5.74, 6) is -1.57. The molecule has 1 aliphatic heterocycles. The standard InChI is InChI=1S/C30H28F3N7O5/c1-30(2,3)45-28(41)39-10-8-38(9-11-39)24-12-17(6-7-34-24)20-13-23-22(14-21(20)31)40(29(42)43-23)16-19-5-4-18(15-35-19)26-36-37-27(44-26)25(32)33/h4-7,12-15,25H,8-11,16H2,1-3H3. The maximum absolute atomic E-state index is 15.5. The van der Waals surface area contributed by atoms with Crippen LogP contribution in [-0.4, -0.2) is 67.5 Å². The van der Waals surface area contributed by atoms with Crippen molar-refractivity contribution in [1.82, 2.24) is 29.6 Å². The van der Waals surface area contributed by atoms with E-state index in [-0.39, 0.29) is 35.2 Å². The summed E-state index contributed by atoms with van der Waals surface area (Å²) in [7, 11) is 0. The van der Waals surface area contributed by atoms with Gasteiger partial charge in [0, 0.05) is 50.2 Å². The van der Waals surface area contributed by atoms with E-state index in [1.165, 1.54) is 29.0 Å². The highest BCUT2D eigenvalue weighted by atomic mass is 19.3. The number of benzene rings is 1. The molecule has 0 bridgehead atoms. The molecule has 0 aliphatic carbocycles. The molecule has 0 spiro atoms. The van der Waals surface area contributed by atoms with Crippen molar-refractivity contribution in [3.8, 4) is 22.6 Å². The van der Waals surface area contributed by atoms with Gasteiger partial charge in [-0.15, -0.1) is 10.2 Å². The van der Waals surface area contributed by atoms with Crippen LogP contribution in [0.4, 0.5) is 23.8 Å². The van der Waals surface area contributed by atoms with Gasteiger partial charge in [-0.3, -0.25) is 9.55 Å². The molecule has 1 saturated heterocycles. The number of alkyl halides is 2. The van der Waals surface area contributed by atoms with Gasteiger partial charge in [0.05, 0.1) is 23.3 Å². The van der Waals surface area contributed by atoms with E-state index in [1.807, 2.05) is 25.7 Å². The molecule has 1 fully saturated rings. The van der Waals surface area contributed by atoms with Crippen LogP contribution in [0.3, 0.4) is 0 Å². The largest absolute Gasteiger partial charge is 0.444 e. The Morgan fingerprint density at radius 1 is 1.00 bits per heavy atom. The van der Waals surface area contributed by atoms with Gasteiger partial charge in [0.25, 0.3) is 5.89 Å². The van der Waals surface area contributed by atoms with Gasteiger partial charge in [-0.1, -0.05) is 0 Å². The molecule has 0 radical (unpaired) electrons. The van der Waals surface area contributed by atoms with Crippen molar-refractivity contribution in [3.63, 3.8) is 0 Å². The molecule has 1 aliphatic rings. The zero-order chi connectivity index (χ0) is 31.9. The molecule has 0 atom stereocenters. The van der Waals surface area contributed by atoms with Crippen LogP contribution in [0.1, 0.15) is 38.8 Å². The second-order valence-electron chi connectivity index (χ2n) is 11.4. The second kappa shape index (κ2) is 11.7. The monoisotopic (exact) mass is 623 g/mol. The van der Waals surface area contributed by atoms with Crippen LogP contribution < -0.4 is 10.7 Å². The topological polar surface area (TPSA) is 133 Å². The van der Waals surface area contributed by atoms with Crippen LogP contribution >= 0.6 is 0 Å². The number of piperazine rings is 1. The number of aromatic nitrogens is 5. The Bertz CT molecular complexity index is 1910. The SMILES string of the molecule is CC(C)(C)OC(=O)N1CCN(c2cc(-c3cc4oc(=O)n(Cc5ccc(-c6nnc(C(F)F)o6)cn5)c4cc3F)ccn2)CC1. The molecular weight excluding hydrogens is 595 g/mol. The van der Waals surface area contributed by atoms with Gasteiger partial charge in [0.1, 0.15) is 17.2 Å². The smallest absolute Gasteiger partial charge is 0.420 e. The lowest BCUT2D eigenvalue weighted by Gasteiger charge is -2.36. The number of nitrogens with zero attached hydrogens (tertiary/aromatic N) is 7. The number of pyridine rings is 2. The molecule has 15 heteroatoms. The van der Waals surface area contributed by atoms with Gasteiger partial charge in [0.2, 0.25) is 5.89 Å². The Kier molecular flexibility index (Phi) is 7.76. The lowest BCUT2D eigenvalue weighted by atomic mass is 10.1. The average molecular weight is 624 g/mol. The van der Waals surface area contributed by atoms with E-state index < -0.39 is 29.5 Å². The van der Waals surface area contributed by atoms with Crippen LogP contribution in [0.15, 0.2) is 62.4 Å². The maximum atomic E-state index is 15.5.